The standard InChI is InChI=1S/C19H19N5O3/c1-11-15(12(2)24(4)22-11)17(26)19(27)21-14-7-5-13(6-8-14)16(25)18-20-9-10-23(18)3/h5-10H,1-4H3,(H,21,27). The van der Waals surface area contributed by atoms with E-state index < -0.39 is 11.7 Å². The molecule has 0 unspecified atom stereocenters. The Hall–Kier alpha value is -3.55. The number of amides is 1. The molecule has 0 aliphatic carbocycles. The number of nitrogens with one attached hydrogen (secondary N) is 1. The van der Waals surface area contributed by atoms with Crippen LogP contribution in [0.3, 0.4) is 0 Å². The van der Waals surface area contributed by atoms with Crippen LogP contribution < -0.4 is 5.32 Å². The normalized spacial score (nSPS) is 10.7. The maximum atomic E-state index is 12.4. The van der Waals surface area contributed by atoms with Crippen molar-refractivity contribution in [2.45, 2.75) is 13.8 Å². The molecule has 2 aromatic heterocycles. The number of Topliss-reactive ketones (excluding diaryl/α,β-unsaturated/α-hetero) is 1. The first-order valence-electron chi connectivity index (χ1n) is 8.27. The number of nitrogens with zero attached hydrogens (tertiary/aromatic N) is 4. The van der Waals surface area contributed by atoms with Crippen molar-refractivity contribution in [3.8, 4) is 0 Å². The van der Waals surface area contributed by atoms with E-state index in [-0.39, 0.29) is 5.78 Å². The molecule has 27 heavy (non-hydrogen) atoms. The number of aryl methyl sites for hydroxylation is 3. The maximum absolute atomic E-state index is 12.4. The summed E-state index contributed by atoms with van der Waals surface area (Å²) >= 11 is 0. The topological polar surface area (TPSA) is 98.9 Å². The number of benzene rings is 1. The molecule has 0 saturated heterocycles. The summed E-state index contributed by atoms with van der Waals surface area (Å²) in [7, 11) is 3.46. The number of rotatable bonds is 5. The number of imidazole rings is 1. The van der Waals surface area contributed by atoms with Gasteiger partial charge >= 0.3 is 0 Å². The Labute approximate surface area is 155 Å². The Balaban J connectivity index is 1.74. The van der Waals surface area contributed by atoms with Crippen molar-refractivity contribution in [1.29, 1.82) is 0 Å². The van der Waals surface area contributed by atoms with Gasteiger partial charge in [-0.1, -0.05) is 0 Å². The van der Waals surface area contributed by atoms with Crippen molar-refractivity contribution in [2.24, 2.45) is 14.1 Å². The lowest BCUT2D eigenvalue weighted by Gasteiger charge is -2.06. The van der Waals surface area contributed by atoms with E-state index in [1.54, 1.807) is 73.9 Å². The highest BCUT2D eigenvalue weighted by Gasteiger charge is 2.24. The third-order valence-electron chi connectivity index (χ3n) is 4.37. The van der Waals surface area contributed by atoms with E-state index in [1.165, 1.54) is 0 Å². The summed E-state index contributed by atoms with van der Waals surface area (Å²) in [6.45, 7) is 3.42. The number of carbonyl (C=O) groups is 3. The van der Waals surface area contributed by atoms with E-state index in [9.17, 15) is 14.4 Å². The van der Waals surface area contributed by atoms with Crippen LogP contribution in [0.1, 0.15) is 37.9 Å². The van der Waals surface area contributed by atoms with E-state index in [2.05, 4.69) is 15.4 Å². The Morgan fingerprint density at radius 3 is 2.22 bits per heavy atom. The fourth-order valence-electron chi connectivity index (χ4n) is 2.82. The minimum Gasteiger partial charge on any atom is -0.331 e. The van der Waals surface area contributed by atoms with Gasteiger partial charge in [0.15, 0.2) is 5.82 Å². The predicted octanol–water partition coefficient (Wildman–Crippen LogP) is 1.82. The smallest absolute Gasteiger partial charge is 0.296 e. The summed E-state index contributed by atoms with van der Waals surface area (Å²) in [5.41, 5.74) is 2.29. The van der Waals surface area contributed by atoms with Crippen LogP contribution in [-0.2, 0) is 18.9 Å². The minimum absolute atomic E-state index is 0.224. The van der Waals surface area contributed by atoms with Gasteiger partial charge < -0.3 is 9.88 Å². The highest BCUT2D eigenvalue weighted by atomic mass is 16.2. The Kier molecular flexibility index (Phi) is 4.72. The van der Waals surface area contributed by atoms with Crippen LogP contribution in [-0.4, -0.2) is 36.8 Å². The number of hydrogen-bond donors (Lipinski definition) is 1. The average Bonchev–Trinajstić information content (AvgIpc) is 3.17. The molecule has 2 heterocycles. The number of aromatic nitrogens is 4. The van der Waals surface area contributed by atoms with Gasteiger partial charge in [-0.3, -0.25) is 19.1 Å². The van der Waals surface area contributed by atoms with Crippen molar-refractivity contribution in [3.05, 3.63) is 65.0 Å². The molecule has 0 atom stereocenters. The van der Waals surface area contributed by atoms with Crippen LogP contribution in [0.2, 0.25) is 0 Å². The minimum atomic E-state index is -0.752. The first-order valence-corrected chi connectivity index (χ1v) is 8.27. The van der Waals surface area contributed by atoms with E-state index >= 15 is 0 Å². The molecule has 1 aromatic carbocycles. The molecule has 3 aromatic rings. The predicted molar refractivity (Wildman–Crippen MR) is 98.7 cm³/mol. The fraction of sp³-hybridized carbons (Fsp3) is 0.211. The first-order chi connectivity index (χ1) is 12.8. The summed E-state index contributed by atoms with van der Waals surface area (Å²) < 4.78 is 3.20. The molecule has 138 valence electrons. The molecule has 3 rings (SSSR count). The van der Waals surface area contributed by atoms with Crippen molar-refractivity contribution in [2.75, 3.05) is 5.32 Å². The molecule has 0 aliphatic heterocycles. The second-order valence-electron chi connectivity index (χ2n) is 6.22. The largest absolute Gasteiger partial charge is 0.331 e. The number of carbonyl (C=O) groups excluding carboxylic acids is 3. The van der Waals surface area contributed by atoms with Crippen LogP contribution in [0.15, 0.2) is 36.7 Å². The fourth-order valence-corrected chi connectivity index (χ4v) is 2.82. The maximum Gasteiger partial charge on any atom is 0.296 e. The molecule has 0 spiro atoms. The van der Waals surface area contributed by atoms with Crippen LogP contribution >= 0.6 is 0 Å². The SMILES string of the molecule is Cc1nn(C)c(C)c1C(=O)C(=O)Nc1ccc(C(=O)c2nccn2C)cc1. The highest BCUT2D eigenvalue weighted by Crippen LogP contribution is 2.16. The molecular weight excluding hydrogens is 346 g/mol. The van der Waals surface area contributed by atoms with Gasteiger partial charge in [-0.05, 0) is 38.1 Å². The monoisotopic (exact) mass is 365 g/mol. The number of anilines is 1. The summed E-state index contributed by atoms with van der Waals surface area (Å²) in [5, 5.41) is 6.71. The number of ketones is 2. The summed E-state index contributed by atoms with van der Waals surface area (Å²) in [5.74, 6) is -1.30. The molecule has 8 heteroatoms. The molecule has 8 nitrogen and oxygen atoms in total. The van der Waals surface area contributed by atoms with Gasteiger partial charge in [-0.2, -0.15) is 5.10 Å². The molecule has 0 aliphatic rings. The Morgan fingerprint density at radius 1 is 1.04 bits per heavy atom. The first kappa shape index (κ1) is 18.2. The zero-order valence-corrected chi connectivity index (χ0v) is 15.5. The van der Waals surface area contributed by atoms with Gasteiger partial charge in [0.05, 0.1) is 11.3 Å². The zero-order valence-electron chi connectivity index (χ0n) is 15.5. The van der Waals surface area contributed by atoms with Gasteiger partial charge in [-0.15, -0.1) is 0 Å². The zero-order chi connectivity index (χ0) is 19.7. The molecule has 0 saturated carbocycles. The summed E-state index contributed by atoms with van der Waals surface area (Å²) in [4.78, 5) is 41.2. The van der Waals surface area contributed by atoms with E-state index in [0.29, 0.717) is 34.0 Å². The molecule has 1 N–H and O–H groups in total. The van der Waals surface area contributed by atoms with Gasteiger partial charge in [0.2, 0.25) is 5.78 Å². The lowest BCUT2D eigenvalue weighted by Crippen LogP contribution is -2.24. The van der Waals surface area contributed by atoms with Crippen LogP contribution in [0.5, 0.6) is 0 Å². The van der Waals surface area contributed by atoms with Crippen LogP contribution in [0, 0.1) is 13.8 Å². The molecular formula is C19H19N5O3. The van der Waals surface area contributed by atoms with Crippen molar-refractivity contribution in [3.63, 3.8) is 0 Å². The van der Waals surface area contributed by atoms with Crippen molar-refractivity contribution in [1.82, 2.24) is 19.3 Å². The second-order valence-corrected chi connectivity index (χ2v) is 6.22. The third kappa shape index (κ3) is 3.41. The van der Waals surface area contributed by atoms with Gasteiger partial charge in [0, 0.05) is 43.4 Å². The number of hydrogen-bond acceptors (Lipinski definition) is 5. The van der Waals surface area contributed by atoms with Crippen LogP contribution in [0.25, 0.3) is 0 Å². The van der Waals surface area contributed by atoms with E-state index in [1.807, 2.05) is 0 Å². The third-order valence-corrected chi connectivity index (χ3v) is 4.37. The molecule has 0 fully saturated rings. The molecule has 1 amide bonds. The van der Waals surface area contributed by atoms with Gasteiger partial charge in [0.25, 0.3) is 11.7 Å². The lowest BCUT2D eigenvalue weighted by atomic mass is 10.1. The average molecular weight is 365 g/mol. The molecule has 0 radical (unpaired) electrons. The molecule has 0 bridgehead atoms. The summed E-state index contributed by atoms with van der Waals surface area (Å²) in [6.07, 6.45) is 3.24. The second kappa shape index (κ2) is 6.99. The highest BCUT2D eigenvalue weighted by molar-refractivity contribution is 6.47. The van der Waals surface area contributed by atoms with Crippen molar-refractivity contribution >= 4 is 23.2 Å². The van der Waals surface area contributed by atoms with Crippen molar-refractivity contribution < 1.29 is 14.4 Å². The van der Waals surface area contributed by atoms with E-state index in [0.717, 1.165) is 0 Å². The lowest BCUT2D eigenvalue weighted by molar-refractivity contribution is -0.112. The summed E-state index contributed by atoms with van der Waals surface area (Å²) in [6, 6.07) is 6.31. The van der Waals surface area contributed by atoms with Gasteiger partial charge in [0.1, 0.15) is 0 Å². The Bertz CT molecular complexity index is 1040. The Morgan fingerprint density at radius 2 is 1.70 bits per heavy atom. The van der Waals surface area contributed by atoms with E-state index in [4.69, 9.17) is 0 Å². The van der Waals surface area contributed by atoms with Gasteiger partial charge in [-0.25, -0.2) is 4.98 Å². The van der Waals surface area contributed by atoms with Crippen LogP contribution in [0.4, 0.5) is 5.69 Å². The quantitative estimate of drug-likeness (QED) is 0.549.